The summed E-state index contributed by atoms with van der Waals surface area (Å²) in [6, 6.07) is 22.9. The van der Waals surface area contributed by atoms with E-state index in [1.54, 1.807) is 10.4 Å². The third-order valence-corrected chi connectivity index (χ3v) is 25.4. The molecule has 0 N–H and O–H groups in total. The van der Waals surface area contributed by atoms with Gasteiger partial charge < -0.3 is 0 Å². The molecule has 2 aromatic carbocycles. The fourth-order valence-electron chi connectivity index (χ4n) is 3.93. The third-order valence-electron chi connectivity index (χ3n) is 5.67. The lowest BCUT2D eigenvalue weighted by atomic mass is 10.2. The SMILES string of the molecule is Cc1cp([Si](c2ccccc2)(c2ccccc2)p2cc(C)c(C)c2)cc1C. The zero-order valence-corrected chi connectivity index (χ0v) is 19.3. The number of rotatable bonds is 4. The summed E-state index contributed by atoms with van der Waals surface area (Å²) in [5.74, 6) is 10.5. The van der Waals surface area contributed by atoms with Crippen molar-refractivity contribution in [3.8, 4) is 0 Å². The molecule has 2 aromatic heterocycles. The highest BCUT2D eigenvalue weighted by Gasteiger charge is 2.42. The smallest absolute Gasteiger partial charge is 0.122 e. The Morgan fingerprint density at radius 3 is 1.07 bits per heavy atom. The fourth-order valence-corrected chi connectivity index (χ4v) is 25.6. The predicted molar refractivity (Wildman–Crippen MR) is 126 cm³/mol. The van der Waals surface area contributed by atoms with Crippen LogP contribution in [0.25, 0.3) is 0 Å². The molecule has 0 bridgehead atoms. The first kappa shape index (κ1) is 18.6. The summed E-state index contributed by atoms with van der Waals surface area (Å²) in [5.41, 5.74) is 5.89. The van der Waals surface area contributed by atoms with E-state index in [1.807, 2.05) is 0 Å². The molecule has 2 heterocycles. The van der Waals surface area contributed by atoms with Gasteiger partial charge in [0.1, 0.15) is 0 Å². The summed E-state index contributed by atoms with van der Waals surface area (Å²) in [6.45, 7) is 9.14. The van der Waals surface area contributed by atoms with Crippen LogP contribution in [0.4, 0.5) is 0 Å². The van der Waals surface area contributed by atoms with Crippen LogP contribution in [0.15, 0.2) is 83.9 Å². The Balaban J connectivity index is 2.15. The molecular weight excluding hydrogens is 378 g/mol. The van der Waals surface area contributed by atoms with E-state index < -0.39 is 7.41 Å². The molecule has 0 saturated heterocycles. The molecule has 0 amide bonds. The van der Waals surface area contributed by atoms with Crippen molar-refractivity contribution in [2.45, 2.75) is 27.7 Å². The molecule has 0 radical (unpaired) electrons. The van der Waals surface area contributed by atoms with E-state index in [9.17, 15) is 0 Å². The highest BCUT2D eigenvalue weighted by Crippen LogP contribution is 2.56. The Morgan fingerprint density at radius 2 is 0.778 bits per heavy atom. The van der Waals surface area contributed by atoms with Gasteiger partial charge in [0.05, 0.1) is 0 Å². The molecule has 3 heteroatoms. The van der Waals surface area contributed by atoms with E-state index >= 15 is 0 Å². The summed E-state index contributed by atoms with van der Waals surface area (Å²) in [6.07, 6.45) is 0. The minimum atomic E-state index is -2.02. The van der Waals surface area contributed by atoms with E-state index in [-0.39, 0.29) is 14.2 Å². The van der Waals surface area contributed by atoms with E-state index in [0.29, 0.717) is 0 Å². The molecule has 27 heavy (non-hydrogen) atoms. The van der Waals surface area contributed by atoms with E-state index in [1.165, 1.54) is 22.3 Å². The maximum atomic E-state index is 2.61. The molecule has 0 unspecified atom stereocenters. The van der Waals surface area contributed by atoms with Gasteiger partial charge in [0.25, 0.3) is 0 Å². The van der Waals surface area contributed by atoms with Crippen molar-refractivity contribution >= 4 is 31.9 Å². The van der Waals surface area contributed by atoms with Gasteiger partial charge in [-0.25, -0.2) is 0 Å². The van der Waals surface area contributed by atoms with Gasteiger partial charge in [-0.15, -0.1) is 14.2 Å². The van der Waals surface area contributed by atoms with Gasteiger partial charge in [-0.2, -0.15) is 0 Å². The van der Waals surface area contributed by atoms with E-state index in [0.717, 1.165) is 0 Å². The maximum Gasteiger partial charge on any atom is 0.218 e. The van der Waals surface area contributed by atoms with Crippen LogP contribution < -0.4 is 10.4 Å². The van der Waals surface area contributed by atoms with Gasteiger partial charge >= 0.3 is 0 Å². The lowest BCUT2D eigenvalue weighted by molar-refractivity contribution is 1.41. The van der Waals surface area contributed by atoms with Crippen molar-refractivity contribution in [2.24, 2.45) is 0 Å². The largest absolute Gasteiger partial charge is 0.218 e. The monoisotopic (exact) mass is 404 g/mol. The first-order valence-corrected chi connectivity index (χ1v) is 16.1. The summed E-state index contributed by atoms with van der Waals surface area (Å²) in [4.78, 5) is 0. The molecular formula is C24H26P2Si. The van der Waals surface area contributed by atoms with Crippen molar-refractivity contribution in [1.29, 1.82) is 0 Å². The van der Waals surface area contributed by atoms with Crippen LogP contribution in [0.1, 0.15) is 22.3 Å². The topological polar surface area (TPSA) is 0 Å². The Kier molecular flexibility index (Phi) is 5.04. The van der Waals surface area contributed by atoms with Crippen molar-refractivity contribution in [1.82, 2.24) is 0 Å². The molecule has 0 aliphatic carbocycles. The van der Waals surface area contributed by atoms with Crippen LogP contribution in [-0.4, -0.2) is 7.41 Å². The van der Waals surface area contributed by atoms with Crippen molar-refractivity contribution in [3.63, 3.8) is 0 Å². The summed E-state index contributed by atoms with van der Waals surface area (Å²) >= 11 is 0. The molecule has 4 rings (SSSR count). The molecule has 136 valence electrons. The average Bonchev–Trinajstić information content (AvgIpc) is 3.20. The summed E-state index contributed by atoms with van der Waals surface area (Å²) in [5, 5.41) is 3.16. The number of aryl methyl sites for hydroxylation is 4. The van der Waals surface area contributed by atoms with Crippen LogP contribution in [0, 0.1) is 27.7 Å². The summed E-state index contributed by atoms with van der Waals surface area (Å²) in [7, 11) is -2.66. The van der Waals surface area contributed by atoms with Crippen molar-refractivity contribution in [3.05, 3.63) is 106 Å². The predicted octanol–water partition coefficient (Wildman–Crippen LogP) is 6.55. The molecule has 0 saturated carbocycles. The minimum absolute atomic E-state index is 0.319. The first-order valence-electron chi connectivity index (χ1n) is 9.46. The zero-order chi connectivity index (χ0) is 19.0. The van der Waals surface area contributed by atoms with E-state index in [2.05, 4.69) is 112 Å². The van der Waals surface area contributed by atoms with Crippen molar-refractivity contribution < 1.29 is 0 Å². The van der Waals surface area contributed by atoms with Gasteiger partial charge in [-0.05, 0) is 83.5 Å². The van der Waals surface area contributed by atoms with Crippen LogP contribution >= 0.6 is 14.2 Å². The highest BCUT2D eigenvalue weighted by atomic mass is 31.6. The second-order valence-corrected chi connectivity index (χ2v) is 20.8. The lowest BCUT2D eigenvalue weighted by Gasteiger charge is -2.33. The first-order chi connectivity index (χ1) is 13.0. The quantitative estimate of drug-likeness (QED) is 0.339. The second-order valence-electron chi connectivity index (χ2n) is 7.47. The molecule has 0 atom stereocenters. The Labute approximate surface area is 165 Å². The molecule has 0 spiro atoms. The number of hydrogen-bond acceptors (Lipinski definition) is 0. The second kappa shape index (κ2) is 7.32. The minimum Gasteiger partial charge on any atom is -0.122 e. The van der Waals surface area contributed by atoms with Crippen LogP contribution in [-0.2, 0) is 0 Å². The molecule has 0 nitrogen and oxygen atoms in total. The fraction of sp³-hybridized carbons (Fsp3) is 0.167. The zero-order valence-electron chi connectivity index (χ0n) is 16.5. The van der Waals surface area contributed by atoms with Gasteiger partial charge in [-0.3, -0.25) is 0 Å². The Bertz CT molecular complexity index is 932. The number of benzene rings is 2. The van der Waals surface area contributed by atoms with Crippen LogP contribution in [0.5, 0.6) is 0 Å². The van der Waals surface area contributed by atoms with Crippen LogP contribution in [0.2, 0.25) is 0 Å². The normalized spacial score (nSPS) is 11.7. The van der Waals surface area contributed by atoms with Gasteiger partial charge in [0, 0.05) is 0 Å². The average molecular weight is 405 g/mol. The van der Waals surface area contributed by atoms with Gasteiger partial charge in [-0.1, -0.05) is 60.7 Å². The summed E-state index contributed by atoms with van der Waals surface area (Å²) < 4.78 is 0. The maximum absolute atomic E-state index is 2.61. The van der Waals surface area contributed by atoms with Gasteiger partial charge in [0.2, 0.25) is 7.41 Å². The molecule has 0 aliphatic rings. The third kappa shape index (κ3) is 3.09. The van der Waals surface area contributed by atoms with Crippen molar-refractivity contribution in [2.75, 3.05) is 0 Å². The lowest BCUT2D eigenvalue weighted by Crippen LogP contribution is -2.51. The van der Waals surface area contributed by atoms with Gasteiger partial charge in [0.15, 0.2) is 0 Å². The molecule has 0 aliphatic heterocycles. The molecule has 0 fully saturated rings. The standard InChI is InChI=1S/C24H26P2Si/c1-19-15-25(16-20(19)2)27(23-11-7-5-8-12-23,24-13-9-6-10-14-24)26-17-21(3)22(4)18-26/h5-18H,1-4H3. The Morgan fingerprint density at radius 1 is 0.481 bits per heavy atom. The molecule has 4 aromatic rings. The number of hydrogen-bond donors (Lipinski definition) is 0. The van der Waals surface area contributed by atoms with Crippen LogP contribution in [0.3, 0.4) is 0 Å². The van der Waals surface area contributed by atoms with E-state index in [4.69, 9.17) is 0 Å². The Hall–Kier alpha value is -1.78. The highest BCUT2D eigenvalue weighted by molar-refractivity contribution is 8.23.